The van der Waals surface area contributed by atoms with E-state index in [4.69, 9.17) is 21.1 Å². The fourth-order valence-electron chi connectivity index (χ4n) is 3.26. The maximum Gasteiger partial charge on any atom is 0.409 e. The summed E-state index contributed by atoms with van der Waals surface area (Å²) in [6.07, 6.45) is -0.251. The van der Waals surface area contributed by atoms with E-state index in [1.807, 2.05) is 61.5 Å². The van der Waals surface area contributed by atoms with Crippen molar-refractivity contribution in [3.8, 4) is 11.8 Å². The van der Waals surface area contributed by atoms with Crippen LogP contribution in [0.25, 0.3) is 0 Å². The Hall–Kier alpha value is -2.52. The molecule has 1 unspecified atom stereocenters. The van der Waals surface area contributed by atoms with Gasteiger partial charge >= 0.3 is 6.09 Å². The number of hydrogen-bond donors (Lipinski definition) is 0. The van der Waals surface area contributed by atoms with E-state index in [1.54, 1.807) is 4.90 Å². The number of rotatable bonds is 6. The molecule has 3 rings (SSSR count). The number of piperazine rings is 1. The Balaban J connectivity index is 1.64. The van der Waals surface area contributed by atoms with Crippen LogP contribution in [0.4, 0.5) is 4.79 Å². The average molecular weight is 427 g/mol. The van der Waals surface area contributed by atoms with Gasteiger partial charge in [0.1, 0.15) is 0 Å². The molecule has 0 bridgehead atoms. The zero-order chi connectivity index (χ0) is 21.2. The lowest BCUT2D eigenvalue weighted by Crippen LogP contribution is -2.52. The minimum atomic E-state index is -0.251. The zero-order valence-corrected chi connectivity index (χ0v) is 18.0. The van der Waals surface area contributed by atoms with Crippen molar-refractivity contribution in [3.05, 3.63) is 70.7 Å². The van der Waals surface area contributed by atoms with E-state index >= 15 is 0 Å². The molecule has 0 spiro atoms. The Labute approximate surface area is 183 Å². The number of halogens is 1. The predicted molar refractivity (Wildman–Crippen MR) is 118 cm³/mol. The van der Waals surface area contributed by atoms with Crippen LogP contribution in [0.2, 0.25) is 5.02 Å². The van der Waals surface area contributed by atoms with E-state index in [0.29, 0.717) is 37.9 Å². The third-order valence-electron chi connectivity index (χ3n) is 4.88. The summed E-state index contributed by atoms with van der Waals surface area (Å²) in [5, 5.41) is 0.668. The SMILES string of the molecule is CCOC(=O)N1CCN(C(C#Cc2cccc(Cl)c2)COCc2ccccc2)CC1. The van der Waals surface area contributed by atoms with Crippen molar-refractivity contribution >= 4 is 17.7 Å². The Bertz CT molecular complexity index is 871. The number of nitrogens with zero attached hydrogens (tertiary/aromatic N) is 2. The van der Waals surface area contributed by atoms with Gasteiger partial charge in [0.25, 0.3) is 0 Å². The predicted octanol–water partition coefficient (Wildman–Crippen LogP) is 4.05. The first-order valence-corrected chi connectivity index (χ1v) is 10.6. The lowest BCUT2D eigenvalue weighted by molar-refractivity contribution is 0.0399. The van der Waals surface area contributed by atoms with E-state index in [-0.39, 0.29) is 12.1 Å². The number of carbonyl (C=O) groups is 1. The van der Waals surface area contributed by atoms with Gasteiger partial charge in [-0.3, -0.25) is 4.90 Å². The van der Waals surface area contributed by atoms with Gasteiger partial charge in [0, 0.05) is 36.8 Å². The number of benzene rings is 2. The van der Waals surface area contributed by atoms with E-state index in [9.17, 15) is 4.79 Å². The van der Waals surface area contributed by atoms with Crippen LogP contribution in [-0.2, 0) is 16.1 Å². The summed E-state index contributed by atoms with van der Waals surface area (Å²) in [5.41, 5.74) is 2.01. The smallest absolute Gasteiger partial charge is 0.409 e. The van der Waals surface area contributed by atoms with Gasteiger partial charge in [-0.25, -0.2) is 4.79 Å². The van der Waals surface area contributed by atoms with Crippen molar-refractivity contribution in [2.45, 2.75) is 19.6 Å². The quantitative estimate of drug-likeness (QED) is 0.653. The molecule has 0 aliphatic carbocycles. The summed E-state index contributed by atoms with van der Waals surface area (Å²) in [6, 6.07) is 17.5. The molecule has 2 aromatic carbocycles. The third kappa shape index (κ3) is 6.77. The molecular weight excluding hydrogens is 400 g/mol. The molecular formula is C24H27ClN2O3. The highest BCUT2D eigenvalue weighted by molar-refractivity contribution is 6.30. The van der Waals surface area contributed by atoms with Crippen LogP contribution in [0, 0.1) is 11.8 Å². The summed E-state index contributed by atoms with van der Waals surface area (Å²) in [5.74, 6) is 6.57. The van der Waals surface area contributed by atoms with Gasteiger partial charge in [0.05, 0.1) is 25.9 Å². The minimum Gasteiger partial charge on any atom is -0.450 e. The Morgan fingerprint density at radius 2 is 1.87 bits per heavy atom. The summed E-state index contributed by atoms with van der Waals surface area (Å²) in [4.78, 5) is 16.0. The molecule has 1 amide bonds. The Kier molecular flexibility index (Phi) is 8.58. The summed E-state index contributed by atoms with van der Waals surface area (Å²) in [7, 11) is 0. The molecule has 1 heterocycles. The second kappa shape index (κ2) is 11.6. The lowest BCUT2D eigenvalue weighted by Gasteiger charge is -2.36. The van der Waals surface area contributed by atoms with Crippen molar-refractivity contribution in [1.82, 2.24) is 9.80 Å². The first-order valence-electron chi connectivity index (χ1n) is 10.2. The zero-order valence-electron chi connectivity index (χ0n) is 17.2. The molecule has 0 N–H and O–H groups in total. The van der Waals surface area contributed by atoms with Crippen molar-refractivity contribution < 1.29 is 14.3 Å². The molecule has 1 saturated heterocycles. The number of amides is 1. The second-order valence-corrected chi connectivity index (χ2v) is 7.45. The molecule has 1 aliphatic heterocycles. The standard InChI is InChI=1S/C24H27ClN2O3/c1-2-30-24(28)27-15-13-26(14-16-27)23(12-11-20-9-6-10-22(25)17-20)19-29-18-21-7-4-3-5-8-21/h3-10,17,23H,2,13-16,18-19H2,1H3. The van der Waals surface area contributed by atoms with Crippen molar-refractivity contribution in [2.75, 3.05) is 39.4 Å². The maximum atomic E-state index is 12.0. The van der Waals surface area contributed by atoms with Gasteiger partial charge in [-0.2, -0.15) is 0 Å². The second-order valence-electron chi connectivity index (χ2n) is 7.02. The van der Waals surface area contributed by atoms with E-state index in [1.165, 1.54) is 0 Å². The molecule has 0 aromatic heterocycles. The Morgan fingerprint density at radius 3 is 2.57 bits per heavy atom. The van der Waals surface area contributed by atoms with Crippen LogP contribution in [0.3, 0.4) is 0 Å². The van der Waals surface area contributed by atoms with Crippen LogP contribution < -0.4 is 0 Å². The normalized spacial score (nSPS) is 15.2. The average Bonchev–Trinajstić information content (AvgIpc) is 2.77. The van der Waals surface area contributed by atoms with Gasteiger partial charge in [0.15, 0.2) is 0 Å². The molecule has 1 atom stereocenters. The van der Waals surface area contributed by atoms with Gasteiger partial charge in [-0.15, -0.1) is 0 Å². The third-order valence-corrected chi connectivity index (χ3v) is 5.11. The topological polar surface area (TPSA) is 42.0 Å². The molecule has 5 nitrogen and oxygen atoms in total. The van der Waals surface area contributed by atoms with Crippen LogP contribution >= 0.6 is 11.6 Å². The van der Waals surface area contributed by atoms with E-state index in [2.05, 4.69) is 16.7 Å². The highest BCUT2D eigenvalue weighted by atomic mass is 35.5. The first-order chi connectivity index (χ1) is 14.7. The fraction of sp³-hybridized carbons (Fsp3) is 0.375. The summed E-state index contributed by atoms with van der Waals surface area (Å²) >= 11 is 6.08. The fourth-order valence-corrected chi connectivity index (χ4v) is 3.46. The molecule has 1 fully saturated rings. The van der Waals surface area contributed by atoms with Crippen LogP contribution in [0.5, 0.6) is 0 Å². The van der Waals surface area contributed by atoms with Crippen molar-refractivity contribution in [3.63, 3.8) is 0 Å². The Morgan fingerprint density at radius 1 is 1.10 bits per heavy atom. The van der Waals surface area contributed by atoms with Crippen molar-refractivity contribution in [2.24, 2.45) is 0 Å². The molecule has 30 heavy (non-hydrogen) atoms. The minimum absolute atomic E-state index is 0.0722. The monoisotopic (exact) mass is 426 g/mol. The largest absolute Gasteiger partial charge is 0.450 e. The molecule has 1 aliphatic rings. The van der Waals surface area contributed by atoms with Crippen molar-refractivity contribution in [1.29, 1.82) is 0 Å². The summed E-state index contributed by atoms with van der Waals surface area (Å²) in [6.45, 7) is 5.92. The molecule has 0 saturated carbocycles. The number of ether oxygens (including phenoxy) is 2. The molecule has 0 radical (unpaired) electrons. The molecule has 6 heteroatoms. The van der Waals surface area contributed by atoms with E-state index < -0.39 is 0 Å². The molecule has 158 valence electrons. The van der Waals surface area contributed by atoms with Crippen LogP contribution in [-0.4, -0.2) is 61.3 Å². The van der Waals surface area contributed by atoms with E-state index in [0.717, 1.165) is 24.2 Å². The van der Waals surface area contributed by atoms with Gasteiger partial charge in [-0.05, 0) is 30.7 Å². The van der Waals surface area contributed by atoms with Gasteiger partial charge < -0.3 is 14.4 Å². The van der Waals surface area contributed by atoms with Gasteiger partial charge in [-0.1, -0.05) is 59.8 Å². The summed E-state index contributed by atoms with van der Waals surface area (Å²) < 4.78 is 11.1. The number of hydrogen-bond acceptors (Lipinski definition) is 4. The highest BCUT2D eigenvalue weighted by Crippen LogP contribution is 2.12. The van der Waals surface area contributed by atoms with Crippen LogP contribution in [0.1, 0.15) is 18.1 Å². The van der Waals surface area contributed by atoms with Gasteiger partial charge in [0.2, 0.25) is 0 Å². The highest BCUT2D eigenvalue weighted by Gasteiger charge is 2.26. The number of carbonyl (C=O) groups excluding carboxylic acids is 1. The maximum absolute atomic E-state index is 12.0. The van der Waals surface area contributed by atoms with Crippen LogP contribution in [0.15, 0.2) is 54.6 Å². The lowest BCUT2D eigenvalue weighted by atomic mass is 10.1. The first kappa shape index (κ1) is 22.2. The molecule has 2 aromatic rings.